The van der Waals surface area contributed by atoms with Crippen LogP contribution in [0.15, 0.2) is 22.7 Å². The van der Waals surface area contributed by atoms with Crippen molar-refractivity contribution in [2.24, 2.45) is 0 Å². The quantitative estimate of drug-likeness (QED) is 0.898. The third-order valence-corrected chi connectivity index (χ3v) is 3.76. The molecule has 18 heavy (non-hydrogen) atoms. The summed E-state index contributed by atoms with van der Waals surface area (Å²) < 4.78 is 6.36. The van der Waals surface area contributed by atoms with Gasteiger partial charge in [0.05, 0.1) is 13.2 Å². The molecule has 98 valence electrons. The van der Waals surface area contributed by atoms with Gasteiger partial charge < -0.3 is 15.4 Å². The Bertz CT molecular complexity index is 431. The minimum atomic E-state index is 0.0136. The molecule has 1 unspecified atom stereocenters. The number of hydrogen-bond acceptors (Lipinski definition) is 3. The van der Waals surface area contributed by atoms with Crippen molar-refractivity contribution in [1.82, 2.24) is 5.32 Å². The summed E-state index contributed by atoms with van der Waals surface area (Å²) >= 11 is 3.44. The lowest BCUT2D eigenvalue weighted by Crippen LogP contribution is -2.43. The van der Waals surface area contributed by atoms with E-state index in [0.29, 0.717) is 13.0 Å². The van der Waals surface area contributed by atoms with Gasteiger partial charge in [0.25, 0.3) is 0 Å². The number of rotatable bonds is 3. The second kappa shape index (κ2) is 6.31. The predicted molar refractivity (Wildman–Crippen MR) is 74.7 cm³/mol. The molecule has 0 radical (unpaired) electrons. The third kappa shape index (κ3) is 3.80. The maximum absolute atomic E-state index is 11.9. The second-order valence-electron chi connectivity index (χ2n) is 4.44. The summed E-state index contributed by atoms with van der Waals surface area (Å²) in [6, 6.07) is 5.90. The summed E-state index contributed by atoms with van der Waals surface area (Å²) in [6.45, 7) is 4.14. The van der Waals surface area contributed by atoms with Gasteiger partial charge in [0.2, 0.25) is 5.91 Å². The smallest absolute Gasteiger partial charge is 0.226 e. The number of amides is 1. The first kappa shape index (κ1) is 13.5. The molecular weight excluding hydrogens is 296 g/mol. The molecule has 5 heteroatoms. The molecule has 2 rings (SSSR count). The highest BCUT2D eigenvalue weighted by atomic mass is 79.9. The average Bonchev–Trinajstić information content (AvgIpc) is 2.35. The summed E-state index contributed by atoms with van der Waals surface area (Å²) in [5.74, 6) is 0.0136. The van der Waals surface area contributed by atoms with Crippen LogP contribution in [-0.2, 0) is 9.53 Å². The Kier molecular flexibility index (Phi) is 4.74. The number of carbonyl (C=O) groups is 1. The van der Waals surface area contributed by atoms with Crippen LogP contribution >= 0.6 is 15.9 Å². The highest BCUT2D eigenvalue weighted by molar-refractivity contribution is 9.10. The van der Waals surface area contributed by atoms with Gasteiger partial charge in [-0.05, 0) is 30.7 Å². The summed E-state index contributed by atoms with van der Waals surface area (Å²) in [5.41, 5.74) is 1.93. The zero-order valence-corrected chi connectivity index (χ0v) is 11.9. The number of aryl methyl sites for hydroxylation is 1. The van der Waals surface area contributed by atoms with Crippen LogP contribution in [0, 0.1) is 6.92 Å². The van der Waals surface area contributed by atoms with Crippen LogP contribution in [0.1, 0.15) is 12.0 Å². The van der Waals surface area contributed by atoms with Gasteiger partial charge in [-0.25, -0.2) is 0 Å². The maximum atomic E-state index is 11.9. The molecule has 1 aromatic carbocycles. The molecule has 1 amide bonds. The largest absolute Gasteiger partial charge is 0.378 e. The fraction of sp³-hybridized carbons (Fsp3) is 0.462. The monoisotopic (exact) mass is 312 g/mol. The Labute approximate surface area is 115 Å². The molecule has 1 aliphatic heterocycles. The highest BCUT2D eigenvalue weighted by Gasteiger charge is 2.16. The van der Waals surface area contributed by atoms with Crippen LogP contribution in [0.25, 0.3) is 0 Å². The second-order valence-corrected chi connectivity index (χ2v) is 5.30. The van der Waals surface area contributed by atoms with Crippen molar-refractivity contribution >= 4 is 27.5 Å². The molecule has 2 N–H and O–H groups in total. The van der Waals surface area contributed by atoms with Gasteiger partial charge in [-0.15, -0.1) is 0 Å². The van der Waals surface area contributed by atoms with Crippen LogP contribution in [0.5, 0.6) is 0 Å². The van der Waals surface area contributed by atoms with Crippen molar-refractivity contribution in [3.05, 3.63) is 28.2 Å². The fourth-order valence-electron chi connectivity index (χ4n) is 1.91. The molecule has 1 atom stereocenters. The average molecular weight is 313 g/mol. The minimum Gasteiger partial charge on any atom is -0.378 e. The van der Waals surface area contributed by atoms with Gasteiger partial charge in [0.15, 0.2) is 0 Å². The summed E-state index contributed by atoms with van der Waals surface area (Å²) in [6.07, 6.45) is 0.440. The van der Waals surface area contributed by atoms with Gasteiger partial charge in [-0.1, -0.05) is 15.9 Å². The Balaban J connectivity index is 1.88. The first-order chi connectivity index (χ1) is 8.65. The highest BCUT2D eigenvalue weighted by Crippen LogP contribution is 2.20. The van der Waals surface area contributed by atoms with Crippen molar-refractivity contribution < 1.29 is 9.53 Å². The molecule has 0 saturated carbocycles. The van der Waals surface area contributed by atoms with Crippen molar-refractivity contribution in [1.29, 1.82) is 0 Å². The van der Waals surface area contributed by atoms with Gasteiger partial charge in [0.1, 0.15) is 0 Å². The molecule has 1 saturated heterocycles. The Morgan fingerprint density at radius 3 is 3.11 bits per heavy atom. The zero-order valence-electron chi connectivity index (χ0n) is 10.3. The van der Waals surface area contributed by atoms with Crippen molar-refractivity contribution in [3.63, 3.8) is 0 Å². The summed E-state index contributed by atoms with van der Waals surface area (Å²) in [4.78, 5) is 11.9. The van der Waals surface area contributed by atoms with Gasteiger partial charge in [-0.2, -0.15) is 0 Å². The van der Waals surface area contributed by atoms with E-state index in [9.17, 15) is 4.79 Å². The third-order valence-electron chi connectivity index (χ3n) is 2.87. The molecule has 1 aliphatic rings. The van der Waals surface area contributed by atoms with E-state index in [4.69, 9.17) is 4.74 Å². The molecule has 1 aromatic rings. The van der Waals surface area contributed by atoms with Crippen molar-refractivity contribution in [3.8, 4) is 0 Å². The molecule has 1 fully saturated rings. The SMILES string of the molecule is Cc1cc(NC(=O)CC2COCCN2)ccc1Br. The number of hydrogen-bond donors (Lipinski definition) is 2. The standard InChI is InChI=1S/C13H17BrN2O2/c1-9-6-10(2-3-12(9)14)16-13(17)7-11-8-18-5-4-15-11/h2-3,6,11,15H,4-5,7-8H2,1H3,(H,16,17). The lowest BCUT2D eigenvalue weighted by Gasteiger charge is -2.23. The minimum absolute atomic E-state index is 0.0136. The number of nitrogens with one attached hydrogen (secondary N) is 2. The summed E-state index contributed by atoms with van der Waals surface area (Å²) in [7, 11) is 0. The Morgan fingerprint density at radius 2 is 2.44 bits per heavy atom. The van der Waals surface area contributed by atoms with Crippen molar-refractivity contribution in [2.45, 2.75) is 19.4 Å². The topological polar surface area (TPSA) is 50.4 Å². The zero-order chi connectivity index (χ0) is 13.0. The van der Waals surface area contributed by atoms with E-state index in [2.05, 4.69) is 26.6 Å². The van der Waals surface area contributed by atoms with Crippen LogP contribution in [0.2, 0.25) is 0 Å². The predicted octanol–water partition coefficient (Wildman–Crippen LogP) is 2.07. The normalized spacial score (nSPS) is 19.6. The molecular formula is C13H17BrN2O2. The lowest BCUT2D eigenvalue weighted by atomic mass is 10.1. The lowest BCUT2D eigenvalue weighted by molar-refractivity contribution is -0.117. The van der Waals surface area contributed by atoms with E-state index in [1.54, 1.807) is 0 Å². The molecule has 0 spiro atoms. The van der Waals surface area contributed by atoms with Gasteiger partial charge in [0, 0.05) is 29.2 Å². The van der Waals surface area contributed by atoms with E-state index in [1.165, 1.54) is 0 Å². The van der Waals surface area contributed by atoms with E-state index < -0.39 is 0 Å². The van der Waals surface area contributed by atoms with Gasteiger partial charge in [-0.3, -0.25) is 4.79 Å². The van der Waals surface area contributed by atoms with Crippen molar-refractivity contribution in [2.75, 3.05) is 25.1 Å². The maximum Gasteiger partial charge on any atom is 0.226 e. The van der Waals surface area contributed by atoms with E-state index in [0.717, 1.165) is 28.9 Å². The summed E-state index contributed by atoms with van der Waals surface area (Å²) in [5, 5.41) is 6.16. The Morgan fingerprint density at radius 1 is 1.61 bits per heavy atom. The number of carbonyl (C=O) groups excluding carboxylic acids is 1. The number of anilines is 1. The fourth-order valence-corrected chi connectivity index (χ4v) is 2.16. The van der Waals surface area contributed by atoms with Crippen LogP contribution in [-0.4, -0.2) is 31.7 Å². The van der Waals surface area contributed by atoms with Crippen LogP contribution in [0.3, 0.4) is 0 Å². The molecule has 1 heterocycles. The van der Waals surface area contributed by atoms with E-state index in [1.807, 2.05) is 25.1 Å². The molecule has 0 aliphatic carbocycles. The van der Waals surface area contributed by atoms with E-state index in [-0.39, 0.29) is 11.9 Å². The van der Waals surface area contributed by atoms with E-state index >= 15 is 0 Å². The molecule has 0 aromatic heterocycles. The number of ether oxygens (including phenoxy) is 1. The number of benzene rings is 1. The number of morpholine rings is 1. The van der Waals surface area contributed by atoms with Crippen LogP contribution < -0.4 is 10.6 Å². The Hall–Kier alpha value is -0.910. The molecule has 0 bridgehead atoms. The van der Waals surface area contributed by atoms with Gasteiger partial charge >= 0.3 is 0 Å². The first-order valence-electron chi connectivity index (χ1n) is 6.02. The van der Waals surface area contributed by atoms with Crippen LogP contribution in [0.4, 0.5) is 5.69 Å². The molecule has 4 nitrogen and oxygen atoms in total. The number of halogens is 1. The first-order valence-corrected chi connectivity index (χ1v) is 6.81.